The van der Waals surface area contributed by atoms with Gasteiger partial charge in [0.15, 0.2) is 0 Å². The van der Waals surface area contributed by atoms with E-state index < -0.39 is 0 Å². The number of allylic oxidation sites excluding steroid dienone is 5. The van der Waals surface area contributed by atoms with Crippen molar-refractivity contribution in [1.29, 1.82) is 0 Å². The monoisotopic (exact) mass is 133 g/mol. The van der Waals surface area contributed by atoms with E-state index in [0.717, 1.165) is 6.54 Å². The van der Waals surface area contributed by atoms with Gasteiger partial charge in [-0.05, 0) is 24.5 Å². The minimum Gasteiger partial charge on any atom is -0.388 e. The minimum atomic E-state index is 1.10. The second kappa shape index (κ2) is 2.01. The second-order valence-corrected chi connectivity index (χ2v) is 2.77. The summed E-state index contributed by atoms with van der Waals surface area (Å²) in [6.45, 7) is 3.24. The number of nitrogens with one attached hydrogen (secondary N) is 1. The van der Waals surface area contributed by atoms with Crippen molar-refractivity contribution in [3.63, 3.8) is 0 Å². The van der Waals surface area contributed by atoms with Crippen molar-refractivity contribution in [3.05, 3.63) is 35.1 Å². The molecule has 0 spiro atoms. The molecule has 1 nitrogen and oxygen atoms in total. The van der Waals surface area contributed by atoms with Gasteiger partial charge in [0.2, 0.25) is 0 Å². The fourth-order valence-corrected chi connectivity index (χ4v) is 1.52. The molecular formula is C9H11N. The van der Waals surface area contributed by atoms with Crippen LogP contribution in [0.5, 0.6) is 0 Å². The van der Waals surface area contributed by atoms with E-state index in [1.807, 2.05) is 0 Å². The quantitative estimate of drug-likeness (QED) is 0.531. The van der Waals surface area contributed by atoms with Crippen molar-refractivity contribution in [2.75, 3.05) is 6.54 Å². The van der Waals surface area contributed by atoms with Crippen LogP contribution in [-0.2, 0) is 0 Å². The molecule has 2 aliphatic rings. The van der Waals surface area contributed by atoms with Gasteiger partial charge in [-0.1, -0.05) is 18.2 Å². The maximum absolute atomic E-state index is 3.34. The fourth-order valence-electron chi connectivity index (χ4n) is 1.52. The molecule has 0 saturated carbocycles. The molecule has 0 aromatic heterocycles. The van der Waals surface area contributed by atoms with E-state index >= 15 is 0 Å². The summed E-state index contributed by atoms with van der Waals surface area (Å²) in [6, 6.07) is 0. The highest BCUT2D eigenvalue weighted by Gasteiger charge is 2.13. The summed E-state index contributed by atoms with van der Waals surface area (Å²) >= 11 is 0. The Bertz CT molecular complexity index is 243. The molecule has 1 aliphatic carbocycles. The van der Waals surface area contributed by atoms with E-state index in [0.29, 0.717) is 0 Å². The average Bonchev–Trinajstić information content (AvgIpc) is 2.36. The zero-order chi connectivity index (χ0) is 6.97. The third kappa shape index (κ3) is 0.703. The highest BCUT2D eigenvalue weighted by atomic mass is 14.9. The summed E-state index contributed by atoms with van der Waals surface area (Å²) in [5, 5.41) is 3.34. The van der Waals surface area contributed by atoms with Crippen LogP contribution in [0.25, 0.3) is 0 Å². The van der Waals surface area contributed by atoms with Gasteiger partial charge in [-0.3, -0.25) is 0 Å². The summed E-state index contributed by atoms with van der Waals surface area (Å²) in [5.41, 5.74) is 4.23. The third-order valence-corrected chi connectivity index (χ3v) is 2.09. The molecule has 0 amide bonds. The highest BCUT2D eigenvalue weighted by Crippen LogP contribution is 2.26. The minimum absolute atomic E-state index is 1.10. The number of rotatable bonds is 0. The topological polar surface area (TPSA) is 12.0 Å². The van der Waals surface area contributed by atoms with E-state index in [-0.39, 0.29) is 0 Å². The molecule has 0 bridgehead atoms. The lowest BCUT2D eigenvalue weighted by Gasteiger charge is -2.17. The van der Waals surface area contributed by atoms with Gasteiger partial charge in [-0.2, -0.15) is 0 Å². The molecule has 2 rings (SSSR count). The Kier molecular flexibility index (Phi) is 1.16. The Labute approximate surface area is 61.1 Å². The fraction of sp³-hybridized carbons (Fsp3) is 0.333. The first-order valence-electron chi connectivity index (χ1n) is 3.70. The molecule has 0 fully saturated rings. The van der Waals surface area contributed by atoms with Crippen molar-refractivity contribution in [2.45, 2.75) is 13.3 Å². The summed E-state index contributed by atoms with van der Waals surface area (Å²) < 4.78 is 0. The lowest BCUT2D eigenvalue weighted by molar-refractivity contribution is 0.749. The first kappa shape index (κ1) is 5.78. The van der Waals surface area contributed by atoms with Crippen LogP contribution < -0.4 is 5.32 Å². The first-order chi connectivity index (χ1) is 4.88. The Morgan fingerprint density at radius 1 is 1.50 bits per heavy atom. The molecule has 0 aromatic carbocycles. The molecule has 1 heterocycles. The summed E-state index contributed by atoms with van der Waals surface area (Å²) in [5.74, 6) is 0. The van der Waals surface area contributed by atoms with Crippen molar-refractivity contribution in [2.24, 2.45) is 0 Å². The lowest BCUT2D eigenvalue weighted by atomic mass is 10.0. The van der Waals surface area contributed by atoms with Crippen molar-refractivity contribution >= 4 is 0 Å². The molecule has 52 valence electrons. The van der Waals surface area contributed by atoms with Gasteiger partial charge in [0.25, 0.3) is 0 Å². The zero-order valence-electron chi connectivity index (χ0n) is 6.15. The molecule has 1 aliphatic heterocycles. The van der Waals surface area contributed by atoms with Crippen LogP contribution in [-0.4, -0.2) is 6.54 Å². The van der Waals surface area contributed by atoms with E-state index in [4.69, 9.17) is 0 Å². The molecule has 0 unspecified atom stereocenters. The normalized spacial score (nSPS) is 22.3. The van der Waals surface area contributed by atoms with Gasteiger partial charge in [-0.25, -0.2) is 0 Å². The molecule has 1 N–H and O–H groups in total. The predicted molar refractivity (Wildman–Crippen MR) is 42.5 cm³/mol. The maximum atomic E-state index is 3.34. The van der Waals surface area contributed by atoms with Gasteiger partial charge in [-0.15, -0.1) is 0 Å². The Morgan fingerprint density at radius 2 is 2.40 bits per heavy atom. The first-order valence-corrected chi connectivity index (χ1v) is 3.70. The summed E-state index contributed by atoms with van der Waals surface area (Å²) in [7, 11) is 0. The van der Waals surface area contributed by atoms with E-state index in [9.17, 15) is 0 Å². The van der Waals surface area contributed by atoms with Gasteiger partial charge < -0.3 is 5.32 Å². The highest BCUT2D eigenvalue weighted by molar-refractivity contribution is 5.51. The van der Waals surface area contributed by atoms with E-state index in [1.54, 1.807) is 0 Å². The number of hydrogen-bond donors (Lipinski definition) is 1. The summed E-state index contributed by atoms with van der Waals surface area (Å²) in [4.78, 5) is 0. The van der Waals surface area contributed by atoms with Gasteiger partial charge in [0, 0.05) is 12.2 Å². The molecule has 0 aromatic rings. The number of fused-ring (bicyclic) bond motifs is 1. The average molecular weight is 133 g/mol. The van der Waals surface area contributed by atoms with E-state index in [2.05, 4.69) is 30.5 Å². The largest absolute Gasteiger partial charge is 0.388 e. The number of hydrogen-bond acceptors (Lipinski definition) is 1. The lowest BCUT2D eigenvalue weighted by Crippen LogP contribution is -2.19. The van der Waals surface area contributed by atoms with Crippen molar-refractivity contribution < 1.29 is 0 Å². The molecule has 0 saturated heterocycles. The molecular weight excluding hydrogens is 122 g/mol. The van der Waals surface area contributed by atoms with Gasteiger partial charge in [0.05, 0.1) is 0 Å². The molecule has 10 heavy (non-hydrogen) atoms. The Hall–Kier alpha value is -0.980. The Morgan fingerprint density at radius 3 is 3.20 bits per heavy atom. The van der Waals surface area contributed by atoms with Crippen LogP contribution in [0.4, 0.5) is 0 Å². The van der Waals surface area contributed by atoms with Gasteiger partial charge >= 0.3 is 0 Å². The molecule has 1 heteroatoms. The van der Waals surface area contributed by atoms with Crippen LogP contribution in [0.15, 0.2) is 35.1 Å². The standard InChI is InChI=1S/C9H11N/c1-7-9-4-2-3-8(9)5-6-10-7/h2-4,10H,5-6H2,1H3. The van der Waals surface area contributed by atoms with Crippen LogP contribution in [0.1, 0.15) is 13.3 Å². The van der Waals surface area contributed by atoms with Crippen LogP contribution >= 0.6 is 0 Å². The van der Waals surface area contributed by atoms with Crippen molar-refractivity contribution in [3.8, 4) is 0 Å². The van der Waals surface area contributed by atoms with Crippen LogP contribution in [0.3, 0.4) is 0 Å². The van der Waals surface area contributed by atoms with Crippen molar-refractivity contribution in [1.82, 2.24) is 5.32 Å². The smallest absolute Gasteiger partial charge is 0.0184 e. The van der Waals surface area contributed by atoms with Crippen LogP contribution in [0.2, 0.25) is 0 Å². The molecule has 0 atom stereocenters. The maximum Gasteiger partial charge on any atom is 0.0184 e. The third-order valence-electron chi connectivity index (χ3n) is 2.09. The molecule has 0 radical (unpaired) electrons. The van der Waals surface area contributed by atoms with Crippen LogP contribution in [0, 0.1) is 0 Å². The second-order valence-electron chi connectivity index (χ2n) is 2.77. The SMILES string of the molecule is CC1=C2C=CC=C2CCN1. The predicted octanol–water partition coefficient (Wildman–Crippen LogP) is 1.75. The van der Waals surface area contributed by atoms with E-state index in [1.165, 1.54) is 23.3 Å². The summed E-state index contributed by atoms with van der Waals surface area (Å²) in [6.07, 6.45) is 7.69. The van der Waals surface area contributed by atoms with Gasteiger partial charge in [0.1, 0.15) is 0 Å². The zero-order valence-corrected chi connectivity index (χ0v) is 6.15. The Balaban J connectivity index is 2.45.